The molecule has 0 radical (unpaired) electrons. The van der Waals surface area contributed by atoms with Crippen LogP contribution in [-0.2, 0) is 28.6 Å². The first kappa shape index (κ1) is 58.6. The summed E-state index contributed by atoms with van der Waals surface area (Å²) in [7, 11) is 0. The van der Waals surface area contributed by atoms with Crippen molar-refractivity contribution in [1.29, 1.82) is 0 Å². The van der Waals surface area contributed by atoms with E-state index in [1.165, 1.54) is 57.8 Å². The summed E-state index contributed by atoms with van der Waals surface area (Å²) in [4.78, 5) is 37.9. The Morgan fingerprint density at radius 1 is 0.355 bits per heavy atom. The normalized spacial score (nSPS) is 12.8. The van der Waals surface area contributed by atoms with Crippen LogP contribution in [0.3, 0.4) is 0 Å². The van der Waals surface area contributed by atoms with E-state index in [1.807, 2.05) is 0 Å². The summed E-state index contributed by atoms with van der Waals surface area (Å²) in [5, 5.41) is 0. The Morgan fingerprint density at radius 2 is 0.694 bits per heavy atom. The van der Waals surface area contributed by atoms with Crippen molar-refractivity contribution in [2.45, 2.75) is 239 Å². The zero-order valence-corrected chi connectivity index (χ0v) is 40.4. The van der Waals surface area contributed by atoms with E-state index in [0.717, 1.165) is 135 Å². The van der Waals surface area contributed by atoms with Gasteiger partial charge in [-0.3, -0.25) is 14.4 Å². The van der Waals surface area contributed by atoms with Crippen molar-refractivity contribution in [1.82, 2.24) is 0 Å². The zero-order valence-electron chi connectivity index (χ0n) is 40.4. The largest absolute Gasteiger partial charge is 0.462 e. The van der Waals surface area contributed by atoms with Crippen LogP contribution >= 0.6 is 0 Å². The van der Waals surface area contributed by atoms with Crippen LogP contribution in [0.5, 0.6) is 0 Å². The molecule has 0 aliphatic rings. The lowest BCUT2D eigenvalue weighted by molar-refractivity contribution is -0.167. The van der Waals surface area contributed by atoms with Gasteiger partial charge in [0.1, 0.15) is 13.2 Å². The van der Waals surface area contributed by atoms with Crippen molar-refractivity contribution in [3.05, 3.63) is 85.1 Å². The van der Waals surface area contributed by atoms with Gasteiger partial charge in [-0.1, -0.05) is 202 Å². The van der Waals surface area contributed by atoms with Gasteiger partial charge in [0.2, 0.25) is 0 Å². The van der Waals surface area contributed by atoms with Gasteiger partial charge < -0.3 is 14.2 Å². The highest BCUT2D eigenvalue weighted by molar-refractivity contribution is 5.71. The summed E-state index contributed by atoms with van der Waals surface area (Å²) in [5.41, 5.74) is 0. The standard InChI is InChI=1S/C56H94O6/c1-4-7-10-13-16-19-22-25-27-28-29-30-32-34-37-40-43-46-49-55(58)61-52-53(51-60-54(57)48-45-42-39-36-33-24-21-18-15-12-9-6-3)62-56(59)50-47-44-41-38-35-31-26-23-20-17-14-11-8-5-2/h8-9,11-12,17-18,20-22,25,27-30,53H,4-7,10,13-16,19,23-24,26,31-52H2,1-3H3/b11-8-,12-9-,20-17-,21-18-,25-22-,28-27-,30-29-. The lowest BCUT2D eigenvalue weighted by atomic mass is 10.1. The Morgan fingerprint density at radius 3 is 1.10 bits per heavy atom. The monoisotopic (exact) mass is 863 g/mol. The second kappa shape index (κ2) is 50.2. The van der Waals surface area contributed by atoms with Crippen molar-refractivity contribution >= 4 is 17.9 Å². The summed E-state index contributed by atoms with van der Waals surface area (Å²) in [6, 6.07) is 0. The number of hydrogen-bond acceptors (Lipinski definition) is 6. The van der Waals surface area contributed by atoms with Gasteiger partial charge in [-0.15, -0.1) is 0 Å². The van der Waals surface area contributed by atoms with E-state index >= 15 is 0 Å². The van der Waals surface area contributed by atoms with Crippen LogP contribution < -0.4 is 0 Å². The summed E-state index contributed by atoms with van der Waals surface area (Å²) < 4.78 is 16.8. The molecular formula is C56H94O6. The predicted molar refractivity (Wildman–Crippen MR) is 265 cm³/mol. The number of esters is 3. The van der Waals surface area contributed by atoms with Gasteiger partial charge in [0.15, 0.2) is 6.10 Å². The average molecular weight is 863 g/mol. The molecule has 0 aromatic rings. The highest BCUT2D eigenvalue weighted by Gasteiger charge is 2.19. The molecule has 0 fully saturated rings. The third-order valence-electron chi connectivity index (χ3n) is 10.7. The molecule has 6 heteroatoms. The smallest absolute Gasteiger partial charge is 0.306 e. The molecule has 0 aromatic carbocycles. The van der Waals surface area contributed by atoms with Crippen LogP contribution in [0.2, 0.25) is 0 Å². The SMILES string of the molecule is CC/C=C\C/C=C\CCCCCCCCCC(=O)OC(COC(=O)CCCCCCC\C=C/C=C\C=C/CCCCCCC)COC(=O)CCCCCCC/C=C\C/C=C\CC. The molecule has 0 aromatic heterocycles. The van der Waals surface area contributed by atoms with Crippen molar-refractivity contribution < 1.29 is 28.6 Å². The Kier molecular flexibility index (Phi) is 47.5. The van der Waals surface area contributed by atoms with Gasteiger partial charge >= 0.3 is 17.9 Å². The predicted octanol–water partition coefficient (Wildman–Crippen LogP) is 16.8. The molecule has 354 valence electrons. The van der Waals surface area contributed by atoms with E-state index in [9.17, 15) is 14.4 Å². The lowest BCUT2D eigenvalue weighted by Gasteiger charge is -2.18. The molecule has 0 aliphatic heterocycles. The molecule has 0 heterocycles. The number of carbonyl (C=O) groups is 3. The molecule has 0 N–H and O–H groups in total. The second-order valence-corrected chi connectivity index (χ2v) is 16.7. The van der Waals surface area contributed by atoms with E-state index < -0.39 is 6.10 Å². The first-order chi connectivity index (χ1) is 30.5. The van der Waals surface area contributed by atoms with E-state index in [-0.39, 0.29) is 31.1 Å². The minimum absolute atomic E-state index is 0.0948. The maximum absolute atomic E-state index is 12.8. The summed E-state index contributed by atoms with van der Waals surface area (Å²) in [6.45, 7) is 6.36. The van der Waals surface area contributed by atoms with Gasteiger partial charge in [-0.25, -0.2) is 0 Å². The molecular weight excluding hydrogens is 769 g/mol. The minimum atomic E-state index is -0.795. The molecule has 0 amide bonds. The third-order valence-corrected chi connectivity index (χ3v) is 10.7. The van der Waals surface area contributed by atoms with E-state index in [1.54, 1.807) is 0 Å². The number of rotatable bonds is 45. The van der Waals surface area contributed by atoms with Crippen LogP contribution in [0.1, 0.15) is 233 Å². The fourth-order valence-electron chi connectivity index (χ4n) is 6.87. The fourth-order valence-corrected chi connectivity index (χ4v) is 6.87. The summed E-state index contributed by atoms with van der Waals surface area (Å²) >= 11 is 0. The molecule has 1 atom stereocenters. The van der Waals surface area contributed by atoms with Crippen molar-refractivity contribution in [2.75, 3.05) is 13.2 Å². The Hall–Kier alpha value is -3.41. The molecule has 0 saturated carbocycles. The summed E-state index contributed by atoms with van der Waals surface area (Å²) in [5.74, 6) is -0.939. The van der Waals surface area contributed by atoms with E-state index in [2.05, 4.69) is 106 Å². The Bertz CT molecular complexity index is 1220. The van der Waals surface area contributed by atoms with Crippen LogP contribution in [0.15, 0.2) is 85.1 Å². The van der Waals surface area contributed by atoms with Gasteiger partial charge in [0.05, 0.1) is 0 Å². The lowest BCUT2D eigenvalue weighted by Crippen LogP contribution is -2.30. The Labute approximate surface area is 382 Å². The van der Waals surface area contributed by atoms with Crippen LogP contribution in [0.25, 0.3) is 0 Å². The molecule has 62 heavy (non-hydrogen) atoms. The van der Waals surface area contributed by atoms with Gasteiger partial charge in [0, 0.05) is 19.3 Å². The average Bonchev–Trinajstić information content (AvgIpc) is 3.27. The van der Waals surface area contributed by atoms with E-state index in [0.29, 0.717) is 19.3 Å². The van der Waals surface area contributed by atoms with Crippen LogP contribution in [0, 0.1) is 0 Å². The number of ether oxygens (including phenoxy) is 3. The van der Waals surface area contributed by atoms with Crippen LogP contribution in [-0.4, -0.2) is 37.2 Å². The molecule has 0 saturated heterocycles. The maximum atomic E-state index is 12.8. The molecule has 0 spiro atoms. The fraction of sp³-hybridized carbons (Fsp3) is 0.696. The molecule has 0 rings (SSSR count). The third kappa shape index (κ3) is 47.6. The van der Waals surface area contributed by atoms with Crippen molar-refractivity contribution in [3.8, 4) is 0 Å². The minimum Gasteiger partial charge on any atom is -0.462 e. The molecule has 1 unspecified atom stereocenters. The highest BCUT2D eigenvalue weighted by atomic mass is 16.6. The molecule has 0 aliphatic carbocycles. The van der Waals surface area contributed by atoms with Crippen LogP contribution in [0.4, 0.5) is 0 Å². The zero-order chi connectivity index (χ0) is 45.1. The second-order valence-electron chi connectivity index (χ2n) is 16.7. The first-order valence-corrected chi connectivity index (χ1v) is 25.6. The van der Waals surface area contributed by atoms with Crippen molar-refractivity contribution in [2.24, 2.45) is 0 Å². The first-order valence-electron chi connectivity index (χ1n) is 25.6. The highest BCUT2D eigenvalue weighted by Crippen LogP contribution is 2.14. The topological polar surface area (TPSA) is 78.9 Å². The Balaban J connectivity index is 4.44. The molecule has 6 nitrogen and oxygen atoms in total. The van der Waals surface area contributed by atoms with Gasteiger partial charge in [-0.2, -0.15) is 0 Å². The number of allylic oxidation sites excluding steroid dienone is 14. The number of carbonyl (C=O) groups excluding carboxylic acids is 3. The quantitative estimate of drug-likeness (QED) is 0.0199. The van der Waals surface area contributed by atoms with Gasteiger partial charge in [0.25, 0.3) is 0 Å². The number of hydrogen-bond donors (Lipinski definition) is 0. The maximum Gasteiger partial charge on any atom is 0.306 e. The molecule has 0 bridgehead atoms. The van der Waals surface area contributed by atoms with Gasteiger partial charge in [-0.05, 0) is 96.3 Å². The van der Waals surface area contributed by atoms with Crippen molar-refractivity contribution in [3.63, 3.8) is 0 Å². The van der Waals surface area contributed by atoms with E-state index in [4.69, 9.17) is 14.2 Å². The summed E-state index contributed by atoms with van der Waals surface area (Å²) in [6.07, 6.45) is 64.2. The number of unbranched alkanes of at least 4 members (excludes halogenated alkanes) is 22.